The quantitative estimate of drug-likeness (QED) is 0.0825. The molecule has 7 rings (SSSR count). The number of benzene rings is 2. The SMILES string of the molecule is C=CCNC(=O)c1cnc(Nc2ccc(N3CCC(NCc4ccc(C5CCC(=O)NC5=O)cc4)CC3)cc2)nc1Nc1ccc2c(n1)C(CC)CC2. The molecule has 274 valence electrons. The summed E-state index contributed by atoms with van der Waals surface area (Å²) in [4.78, 5) is 53.2. The number of hydrogen-bond donors (Lipinski definition) is 5. The Labute approximate surface area is 310 Å². The summed E-state index contributed by atoms with van der Waals surface area (Å²) in [6.07, 6.45) is 9.37. The third-order valence-electron chi connectivity index (χ3n) is 10.5. The molecule has 5 N–H and O–H groups in total. The fraction of sp³-hybridized carbons (Fsp3) is 0.366. The van der Waals surface area contributed by atoms with Crippen molar-refractivity contribution < 1.29 is 14.4 Å². The summed E-state index contributed by atoms with van der Waals surface area (Å²) >= 11 is 0. The molecule has 2 saturated heterocycles. The van der Waals surface area contributed by atoms with Crippen molar-refractivity contribution in [2.24, 2.45) is 0 Å². The molecule has 1 aliphatic carbocycles. The Kier molecular flexibility index (Phi) is 11.0. The van der Waals surface area contributed by atoms with E-state index in [4.69, 9.17) is 9.97 Å². The minimum absolute atomic E-state index is 0.190. The van der Waals surface area contributed by atoms with E-state index in [1.807, 2.05) is 30.3 Å². The van der Waals surface area contributed by atoms with Crippen molar-refractivity contribution in [1.82, 2.24) is 30.9 Å². The van der Waals surface area contributed by atoms with Gasteiger partial charge in [-0.1, -0.05) is 43.3 Å². The first kappa shape index (κ1) is 35.8. The molecule has 3 aliphatic rings. The van der Waals surface area contributed by atoms with E-state index in [0.29, 0.717) is 54.5 Å². The van der Waals surface area contributed by atoms with Crippen LogP contribution in [0.25, 0.3) is 0 Å². The zero-order valence-corrected chi connectivity index (χ0v) is 30.2. The molecule has 0 spiro atoms. The lowest BCUT2D eigenvalue weighted by molar-refractivity contribution is -0.134. The summed E-state index contributed by atoms with van der Waals surface area (Å²) < 4.78 is 0. The van der Waals surface area contributed by atoms with Crippen molar-refractivity contribution in [2.45, 2.75) is 76.3 Å². The minimum Gasteiger partial charge on any atom is -0.371 e. The van der Waals surface area contributed by atoms with Crippen LogP contribution in [0.4, 0.5) is 29.0 Å². The van der Waals surface area contributed by atoms with Gasteiger partial charge >= 0.3 is 0 Å². The lowest BCUT2D eigenvalue weighted by atomic mass is 9.90. The highest BCUT2D eigenvalue weighted by Gasteiger charge is 2.28. The summed E-state index contributed by atoms with van der Waals surface area (Å²) in [7, 11) is 0. The Hall–Kier alpha value is -5.62. The molecule has 2 atom stereocenters. The van der Waals surface area contributed by atoms with Crippen LogP contribution >= 0.6 is 0 Å². The third-order valence-corrected chi connectivity index (χ3v) is 10.5. The van der Waals surface area contributed by atoms with E-state index in [1.54, 1.807) is 6.08 Å². The van der Waals surface area contributed by atoms with E-state index in [0.717, 1.165) is 74.4 Å². The van der Waals surface area contributed by atoms with Crippen molar-refractivity contribution >= 4 is 46.7 Å². The molecule has 3 amide bonds. The second-order valence-corrected chi connectivity index (χ2v) is 14.0. The Morgan fingerprint density at radius 1 is 0.943 bits per heavy atom. The van der Waals surface area contributed by atoms with Crippen LogP contribution in [0, 0.1) is 0 Å². The summed E-state index contributed by atoms with van der Waals surface area (Å²) in [5.41, 5.74) is 6.86. The van der Waals surface area contributed by atoms with Gasteiger partial charge in [0.15, 0.2) is 0 Å². The van der Waals surface area contributed by atoms with Gasteiger partial charge in [0, 0.05) is 67.8 Å². The number of amides is 3. The lowest BCUT2D eigenvalue weighted by Gasteiger charge is -2.34. The van der Waals surface area contributed by atoms with Crippen molar-refractivity contribution in [2.75, 3.05) is 35.2 Å². The molecule has 12 heteroatoms. The predicted molar refractivity (Wildman–Crippen MR) is 207 cm³/mol. The Bertz CT molecular complexity index is 1960. The molecular formula is C41H47N9O3. The number of rotatable bonds is 13. The van der Waals surface area contributed by atoms with E-state index < -0.39 is 0 Å². The van der Waals surface area contributed by atoms with Crippen LogP contribution in [-0.2, 0) is 22.6 Å². The zero-order chi connectivity index (χ0) is 36.7. The number of piperidine rings is 2. The lowest BCUT2D eigenvalue weighted by Crippen LogP contribution is -2.42. The molecule has 0 bridgehead atoms. The van der Waals surface area contributed by atoms with Crippen LogP contribution in [-0.4, -0.2) is 58.3 Å². The second kappa shape index (κ2) is 16.4. The second-order valence-electron chi connectivity index (χ2n) is 14.0. The fourth-order valence-corrected chi connectivity index (χ4v) is 7.46. The van der Waals surface area contributed by atoms with Gasteiger partial charge in [0.25, 0.3) is 5.91 Å². The van der Waals surface area contributed by atoms with Crippen LogP contribution in [0.2, 0.25) is 0 Å². The third kappa shape index (κ3) is 8.55. The summed E-state index contributed by atoms with van der Waals surface area (Å²) in [6.45, 7) is 8.88. The van der Waals surface area contributed by atoms with Gasteiger partial charge < -0.3 is 26.2 Å². The molecule has 2 aromatic heterocycles. The molecule has 2 aromatic carbocycles. The summed E-state index contributed by atoms with van der Waals surface area (Å²) in [5, 5.41) is 15.6. The molecule has 2 unspecified atom stereocenters. The highest BCUT2D eigenvalue weighted by atomic mass is 16.2. The van der Waals surface area contributed by atoms with Crippen LogP contribution in [0.15, 0.2) is 79.5 Å². The Balaban J connectivity index is 0.936. The van der Waals surface area contributed by atoms with Crippen molar-refractivity contribution in [3.05, 3.63) is 107 Å². The average Bonchev–Trinajstić information content (AvgIpc) is 3.59. The van der Waals surface area contributed by atoms with Gasteiger partial charge in [-0.25, -0.2) is 9.97 Å². The van der Waals surface area contributed by atoms with Crippen LogP contribution in [0.1, 0.15) is 90.0 Å². The summed E-state index contributed by atoms with van der Waals surface area (Å²) in [5.74, 6) is 0.890. The molecule has 4 aromatic rings. The van der Waals surface area contributed by atoms with Gasteiger partial charge in [-0.05, 0) is 85.5 Å². The standard InChI is InChI=1S/C41H47N9O3/c1-3-21-42-39(52)34-25-44-41(49-38(34)47-35-17-11-29-10-9-27(4-2)37(29)46-35)45-31-12-14-32(15-13-31)50-22-19-30(20-23-50)43-24-26-5-7-28(8-6-26)33-16-18-36(51)48-40(33)53/h3,5-8,11-15,17,25,27,30,33,43H,1,4,9-10,16,18-24H2,2H3,(H,42,52)(H,48,51,53)(H2,44,45,46,47,49). The predicted octanol–water partition coefficient (Wildman–Crippen LogP) is 5.99. The van der Waals surface area contributed by atoms with Gasteiger partial charge in [-0.2, -0.15) is 4.98 Å². The summed E-state index contributed by atoms with van der Waals surface area (Å²) in [6, 6.07) is 20.9. The number of carbonyl (C=O) groups is 3. The van der Waals surface area contributed by atoms with E-state index in [-0.39, 0.29) is 23.6 Å². The van der Waals surface area contributed by atoms with Gasteiger partial charge in [-0.3, -0.25) is 19.7 Å². The van der Waals surface area contributed by atoms with Crippen LogP contribution in [0.5, 0.6) is 0 Å². The van der Waals surface area contributed by atoms with Crippen molar-refractivity contribution in [1.29, 1.82) is 0 Å². The molecular weight excluding hydrogens is 667 g/mol. The van der Waals surface area contributed by atoms with Gasteiger partial charge in [0.1, 0.15) is 17.2 Å². The van der Waals surface area contributed by atoms with E-state index in [1.165, 1.54) is 17.3 Å². The van der Waals surface area contributed by atoms with E-state index in [9.17, 15) is 14.4 Å². The number of pyridine rings is 1. The van der Waals surface area contributed by atoms with Crippen molar-refractivity contribution in [3.8, 4) is 0 Å². The highest BCUT2D eigenvalue weighted by Crippen LogP contribution is 2.35. The van der Waals surface area contributed by atoms with Gasteiger partial charge in [0.05, 0.1) is 5.92 Å². The molecule has 2 aliphatic heterocycles. The Morgan fingerprint density at radius 2 is 1.74 bits per heavy atom. The number of nitrogens with zero attached hydrogens (tertiary/aromatic N) is 4. The van der Waals surface area contributed by atoms with E-state index >= 15 is 0 Å². The number of hydrogen-bond acceptors (Lipinski definition) is 10. The van der Waals surface area contributed by atoms with Gasteiger partial charge in [0.2, 0.25) is 17.8 Å². The average molecular weight is 714 g/mol. The molecule has 0 radical (unpaired) electrons. The number of aromatic nitrogens is 3. The normalized spacial score (nSPS) is 18.6. The Morgan fingerprint density at radius 3 is 2.47 bits per heavy atom. The number of fused-ring (bicyclic) bond motifs is 1. The number of anilines is 5. The maximum Gasteiger partial charge on any atom is 0.256 e. The minimum atomic E-state index is -0.296. The van der Waals surface area contributed by atoms with Gasteiger partial charge in [-0.15, -0.1) is 6.58 Å². The zero-order valence-electron chi connectivity index (χ0n) is 30.2. The molecule has 12 nitrogen and oxygen atoms in total. The first-order valence-corrected chi connectivity index (χ1v) is 18.7. The number of carbonyl (C=O) groups excluding carboxylic acids is 3. The van der Waals surface area contributed by atoms with E-state index in [2.05, 4.69) is 80.3 Å². The highest BCUT2D eigenvalue weighted by molar-refractivity contribution is 6.01. The maximum absolute atomic E-state index is 13.0. The van der Waals surface area contributed by atoms with Crippen LogP contribution < -0.4 is 31.5 Å². The monoisotopic (exact) mass is 713 g/mol. The first-order chi connectivity index (χ1) is 25.9. The smallest absolute Gasteiger partial charge is 0.256 e. The molecule has 0 saturated carbocycles. The number of nitrogens with one attached hydrogen (secondary N) is 5. The topological polar surface area (TPSA) is 153 Å². The number of aryl methyl sites for hydroxylation is 1. The van der Waals surface area contributed by atoms with Crippen molar-refractivity contribution in [3.63, 3.8) is 0 Å². The first-order valence-electron chi connectivity index (χ1n) is 18.7. The fourth-order valence-electron chi connectivity index (χ4n) is 7.46. The largest absolute Gasteiger partial charge is 0.371 e. The maximum atomic E-state index is 13.0. The molecule has 2 fully saturated rings. The van der Waals surface area contributed by atoms with Crippen LogP contribution in [0.3, 0.4) is 0 Å². The molecule has 53 heavy (non-hydrogen) atoms. The molecule has 4 heterocycles. The number of imide groups is 1.